The van der Waals surface area contributed by atoms with Gasteiger partial charge in [0.15, 0.2) is 0 Å². The maximum Gasteiger partial charge on any atom is 0.472 e. The number of allylic oxidation sites excluding steroid dienone is 5. The molecular formula is C48H94N2O6P+. The lowest BCUT2D eigenvalue weighted by atomic mass is 10.0. The fourth-order valence-electron chi connectivity index (χ4n) is 6.78. The number of phosphoric ester groups is 1. The zero-order valence-electron chi connectivity index (χ0n) is 38.1. The average molecular weight is 826 g/mol. The number of aliphatic hydroxyl groups excluding tert-OH is 1. The van der Waals surface area contributed by atoms with Crippen molar-refractivity contribution in [3.05, 3.63) is 36.5 Å². The number of carbonyl (C=O) groups is 1. The highest BCUT2D eigenvalue weighted by Gasteiger charge is 2.27. The SMILES string of the molecule is CCCCCCCCCCCC/C=C/CC/C=C/CC/C=C/C(O)C(COP(=O)(O)OCC[N+](C)(C)C)NC(=O)CCCCCCCCCCCCCCCCC. The molecule has 336 valence electrons. The van der Waals surface area contributed by atoms with Gasteiger partial charge in [0.1, 0.15) is 13.2 Å². The Morgan fingerprint density at radius 3 is 1.40 bits per heavy atom. The predicted octanol–water partition coefficient (Wildman–Crippen LogP) is 13.5. The Kier molecular flexibility index (Phi) is 39.2. The third-order valence-corrected chi connectivity index (χ3v) is 11.6. The molecule has 8 nitrogen and oxygen atoms in total. The molecule has 0 heterocycles. The van der Waals surface area contributed by atoms with Crippen LogP contribution in [0.25, 0.3) is 0 Å². The number of likely N-dealkylation sites (N-methyl/N-ethyl adjacent to an activating group) is 1. The number of rotatable bonds is 43. The van der Waals surface area contributed by atoms with Crippen molar-refractivity contribution in [3.8, 4) is 0 Å². The van der Waals surface area contributed by atoms with Crippen molar-refractivity contribution in [1.29, 1.82) is 0 Å². The van der Waals surface area contributed by atoms with Crippen molar-refractivity contribution in [1.82, 2.24) is 5.32 Å². The van der Waals surface area contributed by atoms with E-state index >= 15 is 0 Å². The summed E-state index contributed by atoms with van der Waals surface area (Å²) in [7, 11) is 1.55. The van der Waals surface area contributed by atoms with Gasteiger partial charge < -0.3 is 19.8 Å². The minimum absolute atomic E-state index is 0.0547. The minimum atomic E-state index is -4.35. The molecule has 3 unspecified atom stereocenters. The van der Waals surface area contributed by atoms with Gasteiger partial charge in [-0.05, 0) is 44.9 Å². The maximum absolute atomic E-state index is 12.9. The summed E-state index contributed by atoms with van der Waals surface area (Å²) in [5, 5.41) is 13.8. The van der Waals surface area contributed by atoms with Crippen LogP contribution in [0, 0.1) is 0 Å². The van der Waals surface area contributed by atoms with Crippen molar-refractivity contribution in [2.24, 2.45) is 0 Å². The van der Waals surface area contributed by atoms with Crippen LogP contribution in [-0.2, 0) is 18.4 Å². The zero-order chi connectivity index (χ0) is 42.1. The maximum atomic E-state index is 12.9. The lowest BCUT2D eigenvalue weighted by Gasteiger charge is -2.25. The first-order chi connectivity index (χ1) is 27.5. The summed E-state index contributed by atoms with van der Waals surface area (Å²) >= 11 is 0. The Bertz CT molecular complexity index is 1030. The number of amides is 1. The normalized spacial score (nSPS) is 14.6. The lowest BCUT2D eigenvalue weighted by molar-refractivity contribution is -0.870. The molecule has 0 aromatic heterocycles. The molecule has 0 aliphatic carbocycles. The van der Waals surface area contributed by atoms with Crippen molar-refractivity contribution in [3.63, 3.8) is 0 Å². The molecule has 0 saturated carbocycles. The summed E-state index contributed by atoms with van der Waals surface area (Å²) in [5.74, 6) is -0.190. The lowest BCUT2D eigenvalue weighted by Crippen LogP contribution is -2.45. The van der Waals surface area contributed by atoms with E-state index in [1.54, 1.807) is 6.08 Å². The number of phosphoric acid groups is 1. The number of nitrogens with zero attached hydrogens (tertiary/aromatic N) is 1. The van der Waals surface area contributed by atoms with Crippen molar-refractivity contribution in [2.45, 2.75) is 225 Å². The number of aliphatic hydroxyl groups is 1. The van der Waals surface area contributed by atoms with Gasteiger partial charge in [0, 0.05) is 6.42 Å². The topological polar surface area (TPSA) is 105 Å². The zero-order valence-corrected chi connectivity index (χ0v) is 39.0. The monoisotopic (exact) mass is 826 g/mol. The first-order valence-electron chi connectivity index (χ1n) is 23.9. The van der Waals surface area contributed by atoms with Crippen LogP contribution in [0.4, 0.5) is 0 Å². The third-order valence-electron chi connectivity index (χ3n) is 10.6. The predicted molar refractivity (Wildman–Crippen MR) is 244 cm³/mol. The Balaban J connectivity index is 4.44. The third kappa shape index (κ3) is 42.6. The Labute approximate surface area is 353 Å². The Morgan fingerprint density at radius 2 is 0.965 bits per heavy atom. The molecule has 0 bridgehead atoms. The standard InChI is InChI=1S/C48H93N2O6P/c1-6-8-10-12-14-16-18-20-22-23-24-25-26-28-29-31-33-35-37-39-41-47(51)46(45-56-57(53,54)55-44-43-50(3,4)5)49-48(52)42-40-38-36-34-32-30-27-21-19-17-15-13-11-9-7-2/h25-26,31,33,39,41,46-47,51H,6-24,27-30,32,34-38,40,42-45H2,1-5H3,(H-,49,52,53,54)/p+1/b26-25+,33-31+,41-39+. The number of nitrogens with one attached hydrogen (secondary N) is 1. The molecule has 3 atom stereocenters. The summed E-state index contributed by atoms with van der Waals surface area (Å²) in [4.78, 5) is 23.1. The molecule has 0 radical (unpaired) electrons. The van der Waals surface area contributed by atoms with E-state index in [2.05, 4.69) is 43.5 Å². The smallest absolute Gasteiger partial charge is 0.387 e. The first-order valence-corrected chi connectivity index (χ1v) is 25.4. The fraction of sp³-hybridized carbons (Fsp3) is 0.854. The molecule has 0 aliphatic heterocycles. The van der Waals surface area contributed by atoms with E-state index in [4.69, 9.17) is 9.05 Å². The summed E-state index contributed by atoms with van der Waals surface area (Å²) in [6.45, 7) is 4.79. The van der Waals surface area contributed by atoms with E-state index in [0.717, 1.165) is 44.9 Å². The van der Waals surface area contributed by atoms with E-state index in [0.29, 0.717) is 17.4 Å². The molecule has 0 spiro atoms. The van der Waals surface area contributed by atoms with Gasteiger partial charge in [-0.2, -0.15) is 0 Å². The second-order valence-electron chi connectivity index (χ2n) is 17.5. The Morgan fingerprint density at radius 1 is 0.579 bits per heavy atom. The first kappa shape index (κ1) is 55.7. The molecule has 0 saturated heterocycles. The van der Waals surface area contributed by atoms with Crippen molar-refractivity contribution < 1.29 is 32.9 Å². The second kappa shape index (κ2) is 40.1. The molecule has 9 heteroatoms. The summed E-state index contributed by atoms with van der Waals surface area (Å²) in [5.41, 5.74) is 0. The number of hydrogen-bond acceptors (Lipinski definition) is 5. The van der Waals surface area contributed by atoms with Gasteiger partial charge in [0.05, 0.1) is 39.9 Å². The van der Waals surface area contributed by atoms with Gasteiger partial charge in [0.2, 0.25) is 5.91 Å². The fourth-order valence-corrected chi connectivity index (χ4v) is 7.51. The van der Waals surface area contributed by atoms with Crippen LogP contribution in [0.2, 0.25) is 0 Å². The van der Waals surface area contributed by atoms with Gasteiger partial charge in [-0.3, -0.25) is 13.8 Å². The number of quaternary nitrogens is 1. The van der Waals surface area contributed by atoms with E-state index in [-0.39, 0.29) is 19.1 Å². The quantitative estimate of drug-likeness (QED) is 0.0245. The second-order valence-corrected chi connectivity index (χ2v) is 18.9. The molecule has 0 aromatic carbocycles. The number of unbranched alkanes of at least 4 members (excludes halogenated alkanes) is 26. The van der Waals surface area contributed by atoms with Gasteiger partial charge in [-0.15, -0.1) is 0 Å². The van der Waals surface area contributed by atoms with E-state index in [9.17, 15) is 19.4 Å². The van der Waals surface area contributed by atoms with Crippen LogP contribution in [0.3, 0.4) is 0 Å². The highest BCUT2D eigenvalue weighted by molar-refractivity contribution is 7.47. The van der Waals surface area contributed by atoms with Gasteiger partial charge in [-0.25, -0.2) is 4.57 Å². The average Bonchev–Trinajstić information content (AvgIpc) is 3.16. The highest BCUT2D eigenvalue weighted by Crippen LogP contribution is 2.43. The molecule has 1 amide bonds. The number of hydrogen-bond donors (Lipinski definition) is 3. The summed E-state index contributed by atoms with van der Waals surface area (Å²) in [6, 6.07) is -0.866. The Hall–Kier alpha value is -1.28. The molecule has 0 rings (SSSR count). The molecule has 0 aliphatic rings. The number of carbonyl (C=O) groups excluding carboxylic acids is 1. The molecule has 57 heavy (non-hydrogen) atoms. The van der Waals surface area contributed by atoms with Gasteiger partial charge >= 0.3 is 7.82 Å². The minimum Gasteiger partial charge on any atom is -0.387 e. The van der Waals surface area contributed by atoms with Crippen molar-refractivity contribution >= 4 is 13.7 Å². The van der Waals surface area contributed by atoms with E-state index < -0.39 is 20.0 Å². The molecule has 0 fully saturated rings. The van der Waals surface area contributed by atoms with Crippen LogP contribution >= 0.6 is 7.82 Å². The van der Waals surface area contributed by atoms with Crippen LogP contribution < -0.4 is 5.32 Å². The van der Waals surface area contributed by atoms with Crippen LogP contribution in [0.5, 0.6) is 0 Å². The summed E-state index contributed by atoms with van der Waals surface area (Å²) in [6.07, 6.45) is 49.3. The van der Waals surface area contributed by atoms with Crippen LogP contribution in [0.15, 0.2) is 36.5 Å². The molecule has 3 N–H and O–H groups in total. The summed E-state index contributed by atoms with van der Waals surface area (Å²) < 4.78 is 23.6. The largest absolute Gasteiger partial charge is 0.472 e. The van der Waals surface area contributed by atoms with Crippen LogP contribution in [-0.4, -0.2) is 73.4 Å². The van der Waals surface area contributed by atoms with Gasteiger partial charge in [0.25, 0.3) is 0 Å². The van der Waals surface area contributed by atoms with Crippen molar-refractivity contribution in [2.75, 3.05) is 40.9 Å². The van der Waals surface area contributed by atoms with Crippen LogP contribution in [0.1, 0.15) is 213 Å². The van der Waals surface area contributed by atoms with E-state index in [1.807, 2.05) is 27.2 Å². The molecule has 0 aromatic rings. The highest BCUT2D eigenvalue weighted by atomic mass is 31.2. The van der Waals surface area contributed by atoms with Gasteiger partial charge in [-0.1, -0.05) is 198 Å². The van der Waals surface area contributed by atoms with E-state index in [1.165, 1.54) is 148 Å². The molecular weight excluding hydrogens is 732 g/mol.